The molecule has 0 radical (unpaired) electrons. The predicted octanol–water partition coefficient (Wildman–Crippen LogP) is 0.00460. The predicted molar refractivity (Wildman–Crippen MR) is 50.7 cm³/mol. The van der Waals surface area contributed by atoms with Crippen LogP contribution in [0, 0.1) is 5.92 Å². The average molecular weight is 199 g/mol. The number of aliphatic hydroxyl groups is 1. The Kier molecular flexibility index (Phi) is 2.74. The lowest BCUT2D eigenvalue weighted by Crippen LogP contribution is -2.38. The van der Waals surface area contributed by atoms with Crippen LogP contribution in [0.25, 0.3) is 0 Å². The van der Waals surface area contributed by atoms with Gasteiger partial charge in [0, 0.05) is 19.5 Å². The number of esters is 1. The van der Waals surface area contributed by atoms with Gasteiger partial charge in [-0.1, -0.05) is 0 Å². The smallest absolute Gasteiger partial charge is 0.323 e. The van der Waals surface area contributed by atoms with E-state index in [0.29, 0.717) is 13.0 Å². The van der Waals surface area contributed by atoms with Crippen LogP contribution in [0.3, 0.4) is 0 Å². The fourth-order valence-corrected chi connectivity index (χ4v) is 2.09. The maximum absolute atomic E-state index is 11.4. The van der Waals surface area contributed by atoms with E-state index in [0.717, 1.165) is 12.5 Å². The Labute approximate surface area is 83.8 Å². The largest absolute Gasteiger partial charge is 0.468 e. The number of carbonyl (C=O) groups is 1. The van der Waals surface area contributed by atoms with E-state index >= 15 is 0 Å². The third-order valence-corrected chi connectivity index (χ3v) is 3.04. The first kappa shape index (κ1) is 9.93. The Morgan fingerprint density at radius 1 is 1.57 bits per heavy atom. The summed E-state index contributed by atoms with van der Waals surface area (Å²) in [6.45, 7) is 1.56. The van der Waals surface area contributed by atoms with Crippen molar-refractivity contribution in [2.45, 2.75) is 31.4 Å². The molecule has 80 valence electrons. The van der Waals surface area contributed by atoms with E-state index in [1.807, 2.05) is 0 Å². The number of likely N-dealkylation sites (tertiary alicyclic amines) is 1. The normalized spacial score (nSPS) is 33.3. The van der Waals surface area contributed by atoms with Gasteiger partial charge in [0.1, 0.15) is 6.04 Å². The average Bonchev–Trinajstić information content (AvgIpc) is 2.89. The zero-order chi connectivity index (χ0) is 10.1. The lowest BCUT2D eigenvalue weighted by atomic mass is 10.2. The van der Waals surface area contributed by atoms with Crippen LogP contribution in [0.4, 0.5) is 0 Å². The summed E-state index contributed by atoms with van der Waals surface area (Å²) >= 11 is 0. The molecule has 0 aromatic carbocycles. The van der Waals surface area contributed by atoms with Gasteiger partial charge in [-0.2, -0.15) is 0 Å². The molecule has 1 aliphatic heterocycles. The van der Waals surface area contributed by atoms with Crippen molar-refractivity contribution in [1.29, 1.82) is 0 Å². The Morgan fingerprint density at radius 3 is 2.86 bits per heavy atom. The number of nitrogens with zero attached hydrogens (tertiary/aromatic N) is 1. The van der Waals surface area contributed by atoms with E-state index in [1.54, 1.807) is 0 Å². The number of carbonyl (C=O) groups excluding carboxylic acids is 1. The Balaban J connectivity index is 1.93. The van der Waals surface area contributed by atoms with Gasteiger partial charge in [-0.15, -0.1) is 0 Å². The van der Waals surface area contributed by atoms with Gasteiger partial charge in [-0.3, -0.25) is 9.69 Å². The first-order valence-electron chi connectivity index (χ1n) is 5.20. The number of ether oxygens (including phenoxy) is 1. The van der Waals surface area contributed by atoms with Crippen molar-refractivity contribution in [2.24, 2.45) is 5.92 Å². The molecule has 4 heteroatoms. The van der Waals surface area contributed by atoms with Crippen LogP contribution >= 0.6 is 0 Å². The standard InChI is InChI=1S/C10H17NO3/c1-14-10(13)9-4-8(12)6-11(9)5-7-2-3-7/h7-9,12H,2-6H2,1H3/t8-,9-/m0/s1. The molecule has 0 aromatic heterocycles. The van der Waals surface area contributed by atoms with Gasteiger partial charge in [-0.25, -0.2) is 0 Å². The second-order valence-electron chi connectivity index (χ2n) is 4.33. The molecule has 1 aliphatic carbocycles. The number of β-amino-alcohol motifs (C(OH)–C–C–N with tert-alkyl or cyclic N) is 1. The zero-order valence-corrected chi connectivity index (χ0v) is 8.48. The molecule has 2 atom stereocenters. The van der Waals surface area contributed by atoms with Crippen molar-refractivity contribution in [3.8, 4) is 0 Å². The summed E-state index contributed by atoms with van der Waals surface area (Å²) in [7, 11) is 1.41. The molecule has 2 fully saturated rings. The van der Waals surface area contributed by atoms with Crippen LogP contribution in [0.5, 0.6) is 0 Å². The highest BCUT2D eigenvalue weighted by Crippen LogP contribution is 2.32. The Morgan fingerprint density at radius 2 is 2.29 bits per heavy atom. The van der Waals surface area contributed by atoms with E-state index in [-0.39, 0.29) is 18.1 Å². The lowest BCUT2D eigenvalue weighted by Gasteiger charge is -2.21. The van der Waals surface area contributed by atoms with Gasteiger partial charge < -0.3 is 9.84 Å². The summed E-state index contributed by atoms with van der Waals surface area (Å²) in [5, 5.41) is 9.50. The first-order chi connectivity index (χ1) is 6.70. The monoisotopic (exact) mass is 199 g/mol. The van der Waals surface area contributed by atoms with E-state index < -0.39 is 0 Å². The maximum Gasteiger partial charge on any atom is 0.323 e. The van der Waals surface area contributed by atoms with Crippen LogP contribution in [-0.4, -0.2) is 48.3 Å². The van der Waals surface area contributed by atoms with Gasteiger partial charge in [0.25, 0.3) is 0 Å². The minimum atomic E-state index is -0.363. The summed E-state index contributed by atoms with van der Waals surface area (Å²) in [5.41, 5.74) is 0. The number of hydrogen-bond donors (Lipinski definition) is 1. The summed E-state index contributed by atoms with van der Waals surface area (Å²) in [5.74, 6) is 0.537. The molecular weight excluding hydrogens is 182 g/mol. The number of aliphatic hydroxyl groups excluding tert-OH is 1. The second-order valence-corrected chi connectivity index (χ2v) is 4.33. The van der Waals surface area contributed by atoms with Crippen LogP contribution in [0.1, 0.15) is 19.3 Å². The van der Waals surface area contributed by atoms with Crippen molar-refractivity contribution in [1.82, 2.24) is 4.90 Å². The minimum absolute atomic E-state index is 0.206. The topological polar surface area (TPSA) is 49.8 Å². The number of hydrogen-bond acceptors (Lipinski definition) is 4. The fraction of sp³-hybridized carbons (Fsp3) is 0.900. The van der Waals surface area contributed by atoms with Gasteiger partial charge in [-0.05, 0) is 18.8 Å². The van der Waals surface area contributed by atoms with E-state index in [4.69, 9.17) is 4.74 Å². The highest BCUT2D eigenvalue weighted by Gasteiger charge is 2.39. The quantitative estimate of drug-likeness (QED) is 0.650. The van der Waals surface area contributed by atoms with Crippen LogP contribution in [-0.2, 0) is 9.53 Å². The van der Waals surface area contributed by atoms with Gasteiger partial charge >= 0.3 is 5.97 Å². The number of rotatable bonds is 3. The molecule has 0 spiro atoms. The van der Waals surface area contributed by atoms with Crippen LogP contribution in [0.15, 0.2) is 0 Å². The van der Waals surface area contributed by atoms with Crippen molar-refractivity contribution >= 4 is 5.97 Å². The van der Waals surface area contributed by atoms with Crippen LogP contribution < -0.4 is 0 Å². The second kappa shape index (κ2) is 3.87. The SMILES string of the molecule is COC(=O)[C@@H]1C[C@H](O)CN1CC1CC1. The molecule has 1 saturated heterocycles. The summed E-state index contributed by atoms with van der Waals surface area (Å²) in [6.07, 6.45) is 2.69. The molecule has 0 amide bonds. The van der Waals surface area contributed by atoms with Crippen molar-refractivity contribution in [3.63, 3.8) is 0 Å². The molecule has 0 aromatic rings. The molecule has 1 saturated carbocycles. The van der Waals surface area contributed by atoms with E-state index in [1.165, 1.54) is 20.0 Å². The fourth-order valence-electron chi connectivity index (χ4n) is 2.09. The zero-order valence-electron chi connectivity index (χ0n) is 8.48. The molecule has 2 aliphatic rings. The molecule has 1 heterocycles. The maximum atomic E-state index is 11.4. The molecule has 1 N–H and O–H groups in total. The van der Waals surface area contributed by atoms with Gasteiger partial charge in [0.15, 0.2) is 0 Å². The Bertz CT molecular complexity index is 227. The Hall–Kier alpha value is -0.610. The van der Waals surface area contributed by atoms with E-state index in [2.05, 4.69) is 4.90 Å². The molecular formula is C10H17NO3. The first-order valence-corrected chi connectivity index (χ1v) is 5.20. The molecule has 2 rings (SSSR count). The third kappa shape index (κ3) is 2.07. The summed E-state index contributed by atoms with van der Waals surface area (Å²) < 4.78 is 4.72. The molecule has 0 unspecified atom stereocenters. The highest BCUT2D eigenvalue weighted by molar-refractivity contribution is 5.76. The van der Waals surface area contributed by atoms with Crippen molar-refractivity contribution in [2.75, 3.05) is 20.2 Å². The highest BCUT2D eigenvalue weighted by atomic mass is 16.5. The summed E-state index contributed by atoms with van der Waals surface area (Å²) in [4.78, 5) is 13.5. The minimum Gasteiger partial charge on any atom is -0.468 e. The van der Waals surface area contributed by atoms with Gasteiger partial charge in [0.2, 0.25) is 0 Å². The van der Waals surface area contributed by atoms with E-state index in [9.17, 15) is 9.90 Å². The molecule has 4 nitrogen and oxygen atoms in total. The molecule has 0 bridgehead atoms. The van der Waals surface area contributed by atoms with Crippen molar-refractivity contribution in [3.05, 3.63) is 0 Å². The summed E-state index contributed by atoms with van der Waals surface area (Å²) in [6, 6.07) is -0.212. The number of methoxy groups -OCH3 is 1. The van der Waals surface area contributed by atoms with Gasteiger partial charge in [0.05, 0.1) is 13.2 Å². The third-order valence-electron chi connectivity index (χ3n) is 3.04. The van der Waals surface area contributed by atoms with Crippen LogP contribution in [0.2, 0.25) is 0 Å². The lowest BCUT2D eigenvalue weighted by molar-refractivity contribution is -0.145. The molecule has 14 heavy (non-hydrogen) atoms. The van der Waals surface area contributed by atoms with Crippen molar-refractivity contribution < 1.29 is 14.6 Å².